The van der Waals surface area contributed by atoms with Crippen molar-refractivity contribution in [2.24, 2.45) is 0 Å². The fourth-order valence-corrected chi connectivity index (χ4v) is 6.52. The standard InChI is InChI=1S/C44H49BrO3/c1-42(2,3)34-14-18-37(19-15-34)44(36-10-8-7-9-11-36,38-20-16-35(17-21-38)43(4,5)6)39-22-26-41(27-23-39)48-31-29-46-28-30-47-40-24-12-33(32-45)13-25-40/h7-27H,28-32H2,1-6H3. The average molecular weight is 706 g/mol. The molecule has 4 heteroatoms. The highest BCUT2D eigenvalue weighted by molar-refractivity contribution is 9.08. The van der Waals surface area contributed by atoms with Gasteiger partial charge in [0.25, 0.3) is 0 Å². The molecule has 0 amide bonds. The minimum Gasteiger partial charge on any atom is -0.491 e. The highest BCUT2D eigenvalue weighted by atomic mass is 79.9. The van der Waals surface area contributed by atoms with Crippen molar-refractivity contribution in [3.63, 3.8) is 0 Å². The quantitative estimate of drug-likeness (QED) is 0.0693. The molecule has 5 rings (SSSR count). The summed E-state index contributed by atoms with van der Waals surface area (Å²) in [4.78, 5) is 0. The highest BCUT2D eigenvalue weighted by Gasteiger charge is 2.38. The molecular formula is C44H49BrO3. The minimum absolute atomic E-state index is 0.0668. The Bertz CT molecular complexity index is 1640. The predicted molar refractivity (Wildman–Crippen MR) is 203 cm³/mol. The first-order valence-corrected chi connectivity index (χ1v) is 18.0. The molecule has 0 saturated heterocycles. The van der Waals surface area contributed by atoms with Crippen LogP contribution < -0.4 is 9.47 Å². The number of ether oxygens (including phenoxy) is 3. The van der Waals surface area contributed by atoms with Crippen LogP contribution >= 0.6 is 15.9 Å². The van der Waals surface area contributed by atoms with Crippen LogP contribution in [0.2, 0.25) is 0 Å². The van der Waals surface area contributed by atoms with Crippen LogP contribution in [0.5, 0.6) is 11.5 Å². The fourth-order valence-electron chi connectivity index (χ4n) is 6.14. The van der Waals surface area contributed by atoms with Gasteiger partial charge in [0.05, 0.1) is 18.6 Å². The summed E-state index contributed by atoms with van der Waals surface area (Å²) < 4.78 is 17.7. The summed E-state index contributed by atoms with van der Waals surface area (Å²) in [6.45, 7) is 15.5. The number of benzene rings is 5. The summed E-state index contributed by atoms with van der Waals surface area (Å²) >= 11 is 3.47. The molecule has 5 aromatic carbocycles. The fraction of sp³-hybridized carbons (Fsp3) is 0.318. The Balaban J connectivity index is 1.38. The van der Waals surface area contributed by atoms with Crippen molar-refractivity contribution in [1.29, 1.82) is 0 Å². The van der Waals surface area contributed by atoms with E-state index in [9.17, 15) is 0 Å². The zero-order chi connectivity index (χ0) is 34.2. The molecular weight excluding hydrogens is 656 g/mol. The zero-order valence-electron chi connectivity index (χ0n) is 29.3. The van der Waals surface area contributed by atoms with Crippen LogP contribution in [0.15, 0.2) is 127 Å². The molecule has 0 fully saturated rings. The second-order valence-electron chi connectivity index (χ2n) is 14.4. The SMILES string of the molecule is CC(C)(C)c1ccc(C(c2ccccc2)(c2ccc(OCCOCCOc3ccc(CBr)cc3)cc2)c2ccc(C(C)(C)C)cc2)cc1. The van der Waals surface area contributed by atoms with Gasteiger partial charge in [-0.05, 0) is 74.0 Å². The normalized spacial score (nSPS) is 12.1. The Hall–Kier alpha value is -3.86. The van der Waals surface area contributed by atoms with E-state index in [-0.39, 0.29) is 10.8 Å². The largest absolute Gasteiger partial charge is 0.491 e. The van der Waals surface area contributed by atoms with Gasteiger partial charge in [0, 0.05) is 5.33 Å². The molecule has 0 aliphatic heterocycles. The molecule has 0 unspecified atom stereocenters. The van der Waals surface area contributed by atoms with Gasteiger partial charge in [-0.3, -0.25) is 0 Å². The second kappa shape index (κ2) is 15.6. The van der Waals surface area contributed by atoms with E-state index in [0.29, 0.717) is 26.4 Å². The van der Waals surface area contributed by atoms with Gasteiger partial charge in [0.1, 0.15) is 24.7 Å². The summed E-state index contributed by atoms with van der Waals surface area (Å²) in [6.07, 6.45) is 0. The smallest absolute Gasteiger partial charge is 0.119 e. The molecule has 5 aromatic rings. The topological polar surface area (TPSA) is 27.7 Å². The van der Waals surface area contributed by atoms with Crippen LogP contribution in [-0.4, -0.2) is 26.4 Å². The zero-order valence-corrected chi connectivity index (χ0v) is 30.8. The van der Waals surface area contributed by atoms with Gasteiger partial charge < -0.3 is 14.2 Å². The van der Waals surface area contributed by atoms with E-state index in [1.807, 2.05) is 12.1 Å². The van der Waals surface area contributed by atoms with Gasteiger partial charge in [0.2, 0.25) is 0 Å². The van der Waals surface area contributed by atoms with Crippen LogP contribution in [0.4, 0.5) is 0 Å². The van der Waals surface area contributed by atoms with Crippen molar-refractivity contribution in [2.45, 2.75) is 63.1 Å². The third kappa shape index (κ3) is 8.40. The molecule has 0 aromatic heterocycles. The van der Waals surface area contributed by atoms with Crippen molar-refractivity contribution in [3.05, 3.63) is 166 Å². The first-order valence-electron chi connectivity index (χ1n) is 16.9. The monoisotopic (exact) mass is 704 g/mol. The Morgan fingerprint density at radius 3 is 1.17 bits per heavy atom. The Morgan fingerprint density at radius 2 is 0.771 bits per heavy atom. The van der Waals surface area contributed by atoms with E-state index >= 15 is 0 Å². The average Bonchev–Trinajstić information content (AvgIpc) is 3.09. The van der Waals surface area contributed by atoms with E-state index < -0.39 is 5.41 Å². The summed E-state index contributed by atoms with van der Waals surface area (Å²) in [7, 11) is 0. The Labute approximate surface area is 296 Å². The Kier molecular flexibility index (Phi) is 11.5. The van der Waals surface area contributed by atoms with Crippen LogP contribution in [0.1, 0.15) is 80.5 Å². The van der Waals surface area contributed by atoms with E-state index in [4.69, 9.17) is 14.2 Å². The van der Waals surface area contributed by atoms with Crippen LogP contribution in [0.3, 0.4) is 0 Å². The number of halogens is 1. The van der Waals surface area contributed by atoms with Crippen molar-refractivity contribution in [1.82, 2.24) is 0 Å². The van der Waals surface area contributed by atoms with Crippen molar-refractivity contribution < 1.29 is 14.2 Å². The third-order valence-corrected chi connectivity index (χ3v) is 9.58. The van der Waals surface area contributed by atoms with Crippen molar-refractivity contribution in [2.75, 3.05) is 26.4 Å². The van der Waals surface area contributed by atoms with Gasteiger partial charge in [-0.15, -0.1) is 0 Å². The molecule has 0 aliphatic carbocycles. The van der Waals surface area contributed by atoms with Gasteiger partial charge in [-0.2, -0.15) is 0 Å². The number of rotatable bonds is 13. The van der Waals surface area contributed by atoms with Crippen molar-refractivity contribution in [3.8, 4) is 11.5 Å². The summed E-state index contributed by atoms with van der Waals surface area (Å²) in [5.74, 6) is 1.67. The maximum atomic E-state index is 6.12. The lowest BCUT2D eigenvalue weighted by Crippen LogP contribution is -2.31. The van der Waals surface area contributed by atoms with Crippen molar-refractivity contribution >= 4 is 15.9 Å². The lowest BCUT2D eigenvalue weighted by Gasteiger charge is -2.37. The number of hydrogen-bond donors (Lipinski definition) is 0. The van der Waals surface area contributed by atoms with Gasteiger partial charge >= 0.3 is 0 Å². The maximum absolute atomic E-state index is 6.12. The first kappa shape index (κ1) is 35.4. The molecule has 0 heterocycles. The molecule has 0 spiro atoms. The third-order valence-electron chi connectivity index (χ3n) is 8.93. The predicted octanol–water partition coefficient (Wildman–Crippen LogP) is 11.0. The minimum atomic E-state index is -0.524. The summed E-state index contributed by atoms with van der Waals surface area (Å²) in [6, 6.07) is 46.0. The molecule has 0 aliphatic rings. The summed E-state index contributed by atoms with van der Waals surface area (Å²) in [5.41, 5.74) is 8.33. The second-order valence-corrected chi connectivity index (χ2v) is 14.9. The van der Waals surface area contributed by atoms with E-state index in [1.165, 1.54) is 38.9 Å². The number of alkyl halides is 1. The number of hydrogen-bond acceptors (Lipinski definition) is 3. The molecule has 0 radical (unpaired) electrons. The molecule has 0 saturated carbocycles. The molecule has 0 bridgehead atoms. The summed E-state index contributed by atoms with van der Waals surface area (Å²) in [5, 5.41) is 0.837. The molecule has 250 valence electrons. The molecule has 0 N–H and O–H groups in total. The first-order chi connectivity index (χ1) is 23.0. The molecule has 3 nitrogen and oxygen atoms in total. The van der Waals surface area contributed by atoms with Crippen LogP contribution in [0, 0.1) is 0 Å². The highest BCUT2D eigenvalue weighted by Crippen LogP contribution is 2.46. The van der Waals surface area contributed by atoms with E-state index in [1.54, 1.807) is 0 Å². The lowest BCUT2D eigenvalue weighted by molar-refractivity contribution is 0.0764. The van der Waals surface area contributed by atoms with Gasteiger partial charge in [-0.1, -0.05) is 161 Å². The van der Waals surface area contributed by atoms with Crippen LogP contribution in [0.25, 0.3) is 0 Å². The maximum Gasteiger partial charge on any atom is 0.119 e. The lowest BCUT2D eigenvalue weighted by atomic mass is 9.64. The molecule has 48 heavy (non-hydrogen) atoms. The van der Waals surface area contributed by atoms with Gasteiger partial charge in [0.15, 0.2) is 0 Å². The van der Waals surface area contributed by atoms with Crippen LogP contribution in [-0.2, 0) is 26.3 Å². The van der Waals surface area contributed by atoms with Gasteiger partial charge in [-0.25, -0.2) is 0 Å². The molecule has 0 atom stereocenters. The van der Waals surface area contributed by atoms with E-state index in [2.05, 4.69) is 173 Å². The Morgan fingerprint density at radius 1 is 0.417 bits per heavy atom. The van der Waals surface area contributed by atoms with E-state index in [0.717, 1.165) is 16.8 Å².